The first-order valence-corrected chi connectivity index (χ1v) is 7.84. The van der Waals surface area contributed by atoms with E-state index in [0.717, 1.165) is 17.8 Å². The van der Waals surface area contributed by atoms with Gasteiger partial charge in [0.25, 0.3) is 0 Å². The van der Waals surface area contributed by atoms with E-state index in [1.165, 1.54) is 6.07 Å². The molecular formula is C17H17F4N3O. The van der Waals surface area contributed by atoms with Crippen LogP contribution in [0.2, 0.25) is 0 Å². The highest BCUT2D eigenvalue weighted by Crippen LogP contribution is 2.32. The van der Waals surface area contributed by atoms with E-state index >= 15 is 0 Å². The van der Waals surface area contributed by atoms with Crippen molar-refractivity contribution in [2.24, 2.45) is 5.92 Å². The van der Waals surface area contributed by atoms with E-state index in [1.807, 2.05) is 4.90 Å². The lowest BCUT2D eigenvalue weighted by Gasteiger charge is -2.17. The van der Waals surface area contributed by atoms with E-state index in [0.29, 0.717) is 25.1 Å². The normalized spacial score (nSPS) is 21.6. The van der Waals surface area contributed by atoms with Gasteiger partial charge in [0.05, 0.1) is 17.4 Å². The van der Waals surface area contributed by atoms with Crippen LogP contribution >= 0.6 is 0 Å². The van der Waals surface area contributed by atoms with Gasteiger partial charge in [0.2, 0.25) is 0 Å². The summed E-state index contributed by atoms with van der Waals surface area (Å²) >= 11 is 0. The van der Waals surface area contributed by atoms with Crippen LogP contribution in [0.1, 0.15) is 16.8 Å². The zero-order valence-corrected chi connectivity index (χ0v) is 13.2. The van der Waals surface area contributed by atoms with Crippen molar-refractivity contribution in [3.8, 4) is 0 Å². The fourth-order valence-corrected chi connectivity index (χ4v) is 3.12. The van der Waals surface area contributed by atoms with E-state index in [-0.39, 0.29) is 12.5 Å². The van der Waals surface area contributed by atoms with Gasteiger partial charge in [0.1, 0.15) is 5.82 Å². The topological polar surface area (TPSA) is 49.2 Å². The molecule has 4 nitrogen and oxygen atoms in total. The maximum absolute atomic E-state index is 13.4. The fraction of sp³-hybridized carbons (Fsp3) is 0.412. The number of hydrogen-bond donors (Lipinski definition) is 1. The van der Waals surface area contributed by atoms with E-state index in [1.54, 1.807) is 18.6 Å². The first kappa shape index (κ1) is 17.8. The predicted molar refractivity (Wildman–Crippen MR) is 81.9 cm³/mol. The number of aliphatic hydroxyl groups is 1. The number of β-amino-alcohol motifs (C(OH)–C–C–N with tert-alkyl or cyclic N) is 1. The average molecular weight is 355 g/mol. The van der Waals surface area contributed by atoms with Gasteiger partial charge in [-0.1, -0.05) is 6.07 Å². The third-order valence-corrected chi connectivity index (χ3v) is 4.31. The number of hydrogen-bond acceptors (Lipinski definition) is 4. The van der Waals surface area contributed by atoms with Gasteiger partial charge in [-0.25, -0.2) is 4.39 Å². The van der Waals surface area contributed by atoms with Crippen molar-refractivity contribution in [2.75, 3.05) is 13.1 Å². The highest BCUT2D eigenvalue weighted by Gasteiger charge is 2.35. The van der Waals surface area contributed by atoms with Crippen LogP contribution in [-0.4, -0.2) is 39.2 Å². The summed E-state index contributed by atoms with van der Waals surface area (Å²) in [6.45, 7) is 1.09. The lowest BCUT2D eigenvalue weighted by molar-refractivity contribution is -0.140. The van der Waals surface area contributed by atoms with Crippen molar-refractivity contribution >= 4 is 0 Å². The van der Waals surface area contributed by atoms with Crippen molar-refractivity contribution in [3.05, 3.63) is 59.4 Å². The highest BCUT2D eigenvalue weighted by molar-refractivity contribution is 5.27. The molecule has 1 aromatic carbocycles. The molecule has 2 heterocycles. The van der Waals surface area contributed by atoms with Crippen molar-refractivity contribution in [1.29, 1.82) is 0 Å². The molecule has 0 amide bonds. The minimum Gasteiger partial charge on any atom is -0.391 e. The summed E-state index contributed by atoms with van der Waals surface area (Å²) in [5.41, 5.74) is -0.142. The van der Waals surface area contributed by atoms with E-state index in [2.05, 4.69) is 9.97 Å². The summed E-state index contributed by atoms with van der Waals surface area (Å²) in [4.78, 5) is 10.0. The van der Waals surface area contributed by atoms with E-state index < -0.39 is 23.7 Å². The molecular weight excluding hydrogens is 338 g/mol. The van der Waals surface area contributed by atoms with Crippen LogP contribution < -0.4 is 0 Å². The Bertz CT molecular complexity index is 724. The molecule has 1 fully saturated rings. The molecule has 0 unspecified atom stereocenters. The summed E-state index contributed by atoms with van der Waals surface area (Å²) < 4.78 is 51.8. The molecule has 3 rings (SSSR count). The summed E-state index contributed by atoms with van der Waals surface area (Å²) in [6.07, 6.45) is -0.00365. The molecule has 134 valence electrons. The molecule has 0 aliphatic carbocycles. The van der Waals surface area contributed by atoms with Crippen LogP contribution in [0.25, 0.3) is 0 Å². The quantitative estimate of drug-likeness (QED) is 0.857. The zero-order chi connectivity index (χ0) is 18.0. The monoisotopic (exact) mass is 355 g/mol. The average Bonchev–Trinajstić information content (AvgIpc) is 2.88. The number of nitrogens with zero attached hydrogens (tertiary/aromatic N) is 3. The Morgan fingerprint density at radius 2 is 2.00 bits per heavy atom. The molecule has 0 saturated carbocycles. The molecule has 25 heavy (non-hydrogen) atoms. The summed E-state index contributed by atoms with van der Waals surface area (Å²) in [5, 5.41) is 10.2. The molecule has 0 spiro atoms. The van der Waals surface area contributed by atoms with Gasteiger partial charge in [-0.15, -0.1) is 0 Å². The van der Waals surface area contributed by atoms with Crippen molar-refractivity contribution < 1.29 is 22.7 Å². The first-order valence-electron chi connectivity index (χ1n) is 7.84. The maximum atomic E-state index is 13.4. The van der Waals surface area contributed by atoms with E-state index in [4.69, 9.17) is 0 Å². The van der Waals surface area contributed by atoms with Crippen LogP contribution in [0, 0.1) is 11.7 Å². The maximum Gasteiger partial charge on any atom is 0.419 e. The molecule has 1 N–H and O–H groups in total. The minimum absolute atomic E-state index is 0.0702. The third-order valence-electron chi connectivity index (χ3n) is 4.31. The number of halogens is 4. The summed E-state index contributed by atoms with van der Waals surface area (Å²) in [5.74, 6) is -1.35. The van der Waals surface area contributed by atoms with Gasteiger partial charge >= 0.3 is 6.18 Å². The summed E-state index contributed by atoms with van der Waals surface area (Å²) in [6, 6.07) is 3.01. The Labute approximate surface area is 142 Å². The first-order chi connectivity index (χ1) is 11.8. The van der Waals surface area contributed by atoms with Gasteiger partial charge in [-0.3, -0.25) is 14.9 Å². The van der Waals surface area contributed by atoms with Gasteiger partial charge < -0.3 is 5.11 Å². The number of aliphatic hydroxyl groups excluding tert-OH is 1. The molecule has 1 aliphatic heterocycles. The largest absolute Gasteiger partial charge is 0.419 e. The Morgan fingerprint density at radius 3 is 2.68 bits per heavy atom. The van der Waals surface area contributed by atoms with Gasteiger partial charge in [0.15, 0.2) is 0 Å². The van der Waals surface area contributed by atoms with Crippen LogP contribution in [0.4, 0.5) is 17.6 Å². The lowest BCUT2D eigenvalue weighted by atomic mass is 10.0. The third kappa shape index (κ3) is 4.32. The Hall–Kier alpha value is -2.06. The van der Waals surface area contributed by atoms with Crippen molar-refractivity contribution in [1.82, 2.24) is 14.9 Å². The van der Waals surface area contributed by atoms with Crippen LogP contribution in [-0.2, 0) is 19.1 Å². The van der Waals surface area contributed by atoms with Crippen molar-refractivity contribution in [2.45, 2.75) is 25.2 Å². The second kappa shape index (κ2) is 7.05. The van der Waals surface area contributed by atoms with Crippen LogP contribution in [0.3, 0.4) is 0 Å². The van der Waals surface area contributed by atoms with Crippen LogP contribution in [0.5, 0.6) is 0 Å². The van der Waals surface area contributed by atoms with Gasteiger partial charge in [-0.2, -0.15) is 13.2 Å². The molecule has 0 bridgehead atoms. The second-order valence-corrected chi connectivity index (χ2v) is 6.23. The number of alkyl halides is 3. The number of aromatic nitrogens is 2. The van der Waals surface area contributed by atoms with Crippen LogP contribution in [0.15, 0.2) is 36.8 Å². The Balaban J connectivity index is 1.66. The number of likely N-dealkylation sites (tertiary alicyclic amines) is 1. The Morgan fingerprint density at radius 1 is 1.20 bits per heavy atom. The molecule has 1 saturated heterocycles. The number of rotatable bonds is 4. The number of benzene rings is 1. The molecule has 2 atom stereocenters. The smallest absolute Gasteiger partial charge is 0.391 e. The molecule has 0 radical (unpaired) electrons. The Kier molecular flexibility index (Phi) is 5.01. The minimum atomic E-state index is -4.72. The zero-order valence-electron chi connectivity index (χ0n) is 13.2. The molecule has 1 aromatic heterocycles. The second-order valence-electron chi connectivity index (χ2n) is 6.23. The molecule has 2 aromatic rings. The van der Waals surface area contributed by atoms with Crippen molar-refractivity contribution in [3.63, 3.8) is 0 Å². The highest BCUT2D eigenvalue weighted by atomic mass is 19.4. The van der Waals surface area contributed by atoms with Gasteiger partial charge in [-0.05, 0) is 24.1 Å². The molecule has 8 heteroatoms. The lowest BCUT2D eigenvalue weighted by Crippen LogP contribution is -2.22. The molecule has 1 aliphatic rings. The van der Waals surface area contributed by atoms with E-state index in [9.17, 15) is 22.7 Å². The SMILES string of the molecule is O[C@@H]1CN(Cc2ccc(F)c(C(F)(F)F)c2)C[C@H]1Cc1cnccn1. The standard InChI is InChI=1S/C17H17F4N3O/c18-15-2-1-11(5-14(15)17(19,20)21)8-24-9-12(16(25)10-24)6-13-7-22-3-4-23-13/h1-5,7,12,16,25H,6,8-10H2/t12-,16-/m1/s1. The predicted octanol–water partition coefficient (Wildman–Crippen LogP) is 2.67. The van der Waals surface area contributed by atoms with Gasteiger partial charge in [0, 0.05) is 44.1 Å². The summed E-state index contributed by atoms with van der Waals surface area (Å²) in [7, 11) is 0. The fourth-order valence-electron chi connectivity index (χ4n) is 3.12.